The maximum absolute atomic E-state index is 15.0. The van der Waals surface area contributed by atoms with Crippen LogP contribution >= 0.6 is 0 Å². The minimum atomic E-state index is -0.884. The molecule has 2 fully saturated rings. The lowest BCUT2D eigenvalue weighted by atomic mass is 9.85. The molecule has 4 heterocycles. The van der Waals surface area contributed by atoms with Gasteiger partial charge in [0.15, 0.2) is 5.82 Å². The molecule has 176 valence electrons. The molecule has 0 aliphatic carbocycles. The molecule has 33 heavy (non-hydrogen) atoms. The van der Waals surface area contributed by atoms with Crippen molar-refractivity contribution in [3.05, 3.63) is 41.3 Å². The van der Waals surface area contributed by atoms with E-state index in [0.29, 0.717) is 37.9 Å². The second kappa shape index (κ2) is 8.96. The van der Waals surface area contributed by atoms with Crippen molar-refractivity contribution in [1.82, 2.24) is 24.6 Å². The van der Waals surface area contributed by atoms with Crippen LogP contribution in [0.4, 0.5) is 10.2 Å². The summed E-state index contributed by atoms with van der Waals surface area (Å²) in [5.41, 5.74) is 3.07. The van der Waals surface area contributed by atoms with Crippen molar-refractivity contribution in [3.63, 3.8) is 0 Å². The summed E-state index contributed by atoms with van der Waals surface area (Å²) >= 11 is 0. The Morgan fingerprint density at radius 2 is 1.94 bits per heavy atom. The first-order valence-corrected chi connectivity index (χ1v) is 11.6. The molecule has 0 saturated carbocycles. The number of rotatable bonds is 4. The number of morpholine rings is 1. The number of fused-ring (bicyclic) bond motifs is 1. The molecule has 3 aromatic rings. The monoisotopic (exact) mass is 454 g/mol. The van der Waals surface area contributed by atoms with E-state index >= 15 is 0 Å². The largest absolute Gasteiger partial charge is 0.394 e. The highest BCUT2D eigenvalue weighted by atomic mass is 19.1. The van der Waals surface area contributed by atoms with Crippen molar-refractivity contribution >= 4 is 16.7 Å². The van der Waals surface area contributed by atoms with Gasteiger partial charge in [0.1, 0.15) is 17.8 Å². The van der Waals surface area contributed by atoms with Gasteiger partial charge in [-0.3, -0.25) is 0 Å². The minimum absolute atomic E-state index is 0.0220. The van der Waals surface area contributed by atoms with Gasteiger partial charge in [0.25, 0.3) is 0 Å². The number of hydrogen-bond donors (Lipinski definition) is 1. The number of aryl methyl sites for hydroxylation is 2. The van der Waals surface area contributed by atoms with Gasteiger partial charge in [0, 0.05) is 37.0 Å². The van der Waals surface area contributed by atoms with Crippen LogP contribution in [0.25, 0.3) is 16.7 Å². The third-order valence-corrected chi connectivity index (χ3v) is 6.79. The highest BCUT2D eigenvalue weighted by Gasteiger charge is 2.30. The second-order valence-electron chi connectivity index (χ2n) is 9.25. The third kappa shape index (κ3) is 4.32. The predicted molar refractivity (Wildman–Crippen MR) is 125 cm³/mol. The first-order chi connectivity index (χ1) is 15.9. The van der Waals surface area contributed by atoms with Gasteiger partial charge in [-0.2, -0.15) is 5.10 Å². The predicted octanol–water partition coefficient (Wildman–Crippen LogP) is 2.39. The zero-order valence-electron chi connectivity index (χ0n) is 19.4. The van der Waals surface area contributed by atoms with Crippen LogP contribution in [-0.2, 0) is 4.74 Å². The number of likely N-dealkylation sites (tertiary alicyclic amines) is 1. The number of halogens is 1. The van der Waals surface area contributed by atoms with Crippen LogP contribution in [0.15, 0.2) is 24.4 Å². The van der Waals surface area contributed by atoms with Crippen molar-refractivity contribution in [2.45, 2.75) is 38.5 Å². The summed E-state index contributed by atoms with van der Waals surface area (Å²) in [7, 11) is 1.97. The van der Waals surface area contributed by atoms with Crippen LogP contribution < -0.4 is 4.90 Å². The maximum atomic E-state index is 15.0. The molecule has 8 nitrogen and oxygen atoms in total. The van der Waals surface area contributed by atoms with E-state index in [-0.39, 0.29) is 18.6 Å². The molecule has 0 radical (unpaired) electrons. The number of piperidine rings is 1. The lowest BCUT2D eigenvalue weighted by Gasteiger charge is -2.33. The summed E-state index contributed by atoms with van der Waals surface area (Å²) in [6, 6.07) is 6.11. The van der Waals surface area contributed by atoms with E-state index in [1.54, 1.807) is 0 Å². The molecule has 3 atom stereocenters. The quantitative estimate of drug-likeness (QED) is 0.648. The molecule has 1 N–H and O–H groups in total. The number of benzene rings is 1. The summed E-state index contributed by atoms with van der Waals surface area (Å²) in [4.78, 5) is 13.4. The van der Waals surface area contributed by atoms with Gasteiger partial charge in [0.2, 0.25) is 0 Å². The number of nitrogens with zero attached hydrogens (tertiary/aromatic N) is 6. The average Bonchev–Trinajstić information content (AvgIpc) is 3.21. The molecule has 0 amide bonds. The van der Waals surface area contributed by atoms with Gasteiger partial charge in [-0.05, 0) is 57.1 Å². The van der Waals surface area contributed by atoms with Gasteiger partial charge in [-0.1, -0.05) is 0 Å². The van der Waals surface area contributed by atoms with E-state index in [2.05, 4.69) is 43.9 Å². The highest BCUT2D eigenvalue weighted by molar-refractivity contribution is 5.82. The summed E-state index contributed by atoms with van der Waals surface area (Å²) < 4.78 is 22.4. The molecule has 9 heteroatoms. The Labute approximate surface area is 193 Å². The Morgan fingerprint density at radius 3 is 2.73 bits per heavy atom. The van der Waals surface area contributed by atoms with Crippen molar-refractivity contribution < 1.29 is 14.2 Å². The van der Waals surface area contributed by atoms with Crippen LogP contribution in [0.5, 0.6) is 0 Å². The number of ether oxygens (including phenoxy) is 1. The molecule has 2 aliphatic rings. The second-order valence-corrected chi connectivity index (χ2v) is 9.25. The first kappa shape index (κ1) is 22.2. The topological polar surface area (TPSA) is 79.5 Å². The van der Waals surface area contributed by atoms with Crippen LogP contribution in [0.1, 0.15) is 29.3 Å². The van der Waals surface area contributed by atoms with Gasteiger partial charge >= 0.3 is 0 Å². The Kier molecular flexibility index (Phi) is 6.03. The fraction of sp³-hybridized carbons (Fsp3) is 0.542. The van der Waals surface area contributed by atoms with E-state index in [4.69, 9.17) is 4.74 Å². The molecular weight excluding hydrogens is 423 g/mol. The maximum Gasteiger partial charge on any atom is 0.159 e. The Hall–Kier alpha value is -2.62. The number of aliphatic hydroxyl groups excluding tert-OH is 1. The number of alkyl halides is 1. The van der Waals surface area contributed by atoms with Crippen LogP contribution in [0.3, 0.4) is 0 Å². The van der Waals surface area contributed by atoms with E-state index in [1.807, 2.05) is 30.9 Å². The number of anilines is 1. The molecule has 1 aromatic carbocycles. The van der Waals surface area contributed by atoms with E-state index in [0.717, 1.165) is 40.8 Å². The molecule has 2 aliphatic heterocycles. The van der Waals surface area contributed by atoms with Crippen LogP contribution in [-0.4, -0.2) is 88.5 Å². The lowest BCUT2D eigenvalue weighted by Crippen LogP contribution is -2.44. The summed E-state index contributed by atoms with van der Waals surface area (Å²) in [5, 5.41) is 15.1. The SMILES string of the molecule is Cc1nc(N2CCOC(CO)C2)cc(-n2ncc3cc(C)c([C@@H]4CCN(C)C[C@@H]4F)cc32)n1. The Balaban J connectivity index is 1.53. The lowest BCUT2D eigenvalue weighted by molar-refractivity contribution is 0.00335. The van der Waals surface area contributed by atoms with E-state index in [1.165, 1.54) is 0 Å². The average molecular weight is 455 g/mol. The van der Waals surface area contributed by atoms with Crippen molar-refractivity contribution in [2.24, 2.45) is 0 Å². The molecular formula is C24H31FN6O2. The normalized spacial score (nSPS) is 24.5. The number of aromatic nitrogens is 4. The van der Waals surface area contributed by atoms with Gasteiger partial charge in [-0.15, -0.1) is 0 Å². The van der Waals surface area contributed by atoms with E-state index < -0.39 is 6.17 Å². The van der Waals surface area contributed by atoms with Gasteiger partial charge in [-0.25, -0.2) is 19.0 Å². The number of hydrogen-bond acceptors (Lipinski definition) is 7. The van der Waals surface area contributed by atoms with Gasteiger partial charge in [0.05, 0.1) is 31.0 Å². The molecule has 2 saturated heterocycles. The van der Waals surface area contributed by atoms with Crippen molar-refractivity contribution in [1.29, 1.82) is 0 Å². The summed E-state index contributed by atoms with van der Waals surface area (Å²) in [6.07, 6.45) is 1.53. The van der Waals surface area contributed by atoms with Gasteiger partial charge < -0.3 is 19.6 Å². The fourth-order valence-corrected chi connectivity index (χ4v) is 5.04. The zero-order chi connectivity index (χ0) is 23.1. The standard InChI is InChI=1S/C24H31FN6O2/c1-15-8-17-11-26-31(22(17)9-20(15)19-4-5-29(3)13-21(19)25)24-10-23(27-16(2)28-24)30-6-7-33-18(12-30)14-32/h8-11,18-19,21,32H,4-7,12-14H2,1-3H3/t18?,19-,21-/m0/s1. The fourth-order valence-electron chi connectivity index (χ4n) is 5.04. The molecule has 1 unspecified atom stereocenters. The minimum Gasteiger partial charge on any atom is -0.394 e. The van der Waals surface area contributed by atoms with Crippen molar-refractivity contribution in [2.75, 3.05) is 51.3 Å². The number of aliphatic hydroxyl groups is 1. The molecule has 2 aromatic heterocycles. The molecule has 5 rings (SSSR count). The van der Waals surface area contributed by atoms with Crippen LogP contribution in [0.2, 0.25) is 0 Å². The van der Waals surface area contributed by atoms with Crippen molar-refractivity contribution in [3.8, 4) is 5.82 Å². The smallest absolute Gasteiger partial charge is 0.159 e. The third-order valence-electron chi connectivity index (χ3n) is 6.79. The summed E-state index contributed by atoms with van der Waals surface area (Å²) in [6.45, 7) is 7.07. The first-order valence-electron chi connectivity index (χ1n) is 11.6. The van der Waals surface area contributed by atoms with E-state index in [9.17, 15) is 9.50 Å². The summed E-state index contributed by atoms with van der Waals surface area (Å²) in [5.74, 6) is 1.99. The Bertz CT molecular complexity index is 1150. The molecule has 0 bridgehead atoms. The Morgan fingerprint density at radius 1 is 1.12 bits per heavy atom. The van der Waals surface area contributed by atoms with Crippen LogP contribution in [0, 0.1) is 13.8 Å². The zero-order valence-corrected chi connectivity index (χ0v) is 19.4. The highest BCUT2D eigenvalue weighted by Crippen LogP contribution is 2.35. The molecule has 0 spiro atoms.